The summed E-state index contributed by atoms with van der Waals surface area (Å²) in [7, 11) is 0. The number of hydrogen-bond donors (Lipinski definition) is 1. The molecule has 3 rings (SSSR count). The molecule has 0 saturated heterocycles. The number of aliphatic imine (C=N–C) groups is 1. The van der Waals surface area contributed by atoms with E-state index in [2.05, 4.69) is 15.2 Å². The van der Waals surface area contributed by atoms with Crippen LogP contribution >= 0.6 is 0 Å². The van der Waals surface area contributed by atoms with E-state index in [0.29, 0.717) is 17.0 Å². The minimum absolute atomic E-state index is 0.00755. The van der Waals surface area contributed by atoms with Crippen molar-refractivity contribution >= 4 is 23.2 Å². The Morgan fingerprint density at radius 1 is 1.14 bits per heavy atom. The average Bonchev–Trinajstić information content (AvgIpc) is 2.65. The molecular weight excluding hydrogens is 270 g/mol. The van der Waals surface area contributed by atoms with Gasteiger partial charge in [0.15, 0.2) is 0 Å². The van der Waals surface area contributed by atoms with Gasteiger partial charge < -0.3 is 5.11 Å². The van der Waals surface area contributed by atoms with Gasteiger partial charge in [-0.2, -0.15) is 10.2 Å². The molecule has 0 saturated carbocycles. The number of nitrogens with zero attached hydrogens (tertiary/aromatic N) is 3. The highest BCUT2D eigenvalue weighted by atomic mass is 16.4. The summed E-state index contributed by atoms with van der Waals surface area (Å²) >= 11 is 0. The number of benzene rings is 1. The SMILES string of the molecule is O=C1CC(c2ccnnc2)=Nc2ccc(C(=O)O)cc2C1. The van der Waals surface area contributed by atoms with Gasteiger partial charge in [0.25, 0.3) is 0 Å². The minimum Gasteiger partial charge on any atom is -0.478 e. The zero-order chi connectivity index (χ0) is 14.8. The molecule has 0 aliphatic carbocycles. The lowest BCUT2D eigenvalue weighted by molar-refractivity contribution is -0.117. The molecule has 6 heteroatoms. The minimum atomic E-state index is -1.02. The van der Waals surface area contributed by atoms with Crippen LogP contribution in [0.25, 0.3) is 0 Å². The highest BCUT2D eigenvalue weighted by molar-refractivity contribution is 6.13. The molecule has 0 spiro atoms. The number of Topliss-reactive ketones (excluding diaryl/α,β-unsaturated/α-hetero) is 1. The normalized spacial score (nSPS) is 14.1. The van der Waals surface area contributed by atoms with Crippen LogP contribution in [0.5, 0.6) is 0 Å². The van der Waals surface area contributed by atoms with Crippen molar-refractivity contribution in [3.05, 3.63) is 53.3 Å². The summed E-state index contributed by atoms with van der Waals surface area (Å²) in [6.07, 6.45) is 3.48. The van der Waals surface area contributed by atoms with Gasteiger partial charge in [0, 0.05) is 18.4 Å². The van der Waals surface area contributed by atoms with Gasteiger partial charge in [-0.25, -0.2) is 4.79 Å². The summed E-state index contributed by atoms with van der Waals surface area (Å²) in [4.78, 5) is 27.5. The number of carboxylic acids is 1. The molecule has 6 nitrogen and oxygen atoms in total. The first-order valence-corrected chi connectivity index (χ1v) is 6.36. The highest BCUT2D eigenvalue weighted by Gasteiger charge is 2.19. The summed E-state index contributed by atoms with van der Waals surface area (Å²) < 4.78 is 0. The number of carbonyl (C=O) groups excluding carboxylic acids is 1. The molecule has 0 atom stereocenters. The van der Waals surface area contributed by atoms with Crippen molar-refractivity contribution in [1.82, 2.24) is 10.2 Å². The van der Waals surface area contributed by atoms with E-state index in [4.69, 9.17) is 5.11 Å². The first kappa shape index (κ1) is 13.1. The van der Waals surface area contributed by atoms with E-state index in [1.54, 1.807) is 24.5 Å². The quantitative estimate of drug-likeness (QED) is 0.906. The van der Waals surface area contributed by atoms with E-state index >= 15 is 0 Å². The number of carbonyl (C=O) groups is 2. The molecule has 1 aliphatic heterocycles. The summed E-state index contributed by atoms with van der Waals surface area (Å²) in [6, 6.07) is 6.37. The van der Waals surface area contributed by atoms with Crippen molar-refractivity contribution in [1.29, 1.82) is 0 Å². The molecule has 0 fully saturated rings. The molecule has 2 heterocycles. The number of rotatable bonds is 2. The van der Waals surface area contributed by atoms with Gasteiger partial charge in [-0.05, 0) is 29.8 Å². The van der Waals surface area contributed by atoms with Crippen LogP contribution < -0.4 is 0 Å². The molecule has 0 amide bonds. The van der Waals surface area contributed by atoms with Gasteiger partial charge in [0.2, 0.25) is 0 Å². The lowest BCUT2D eigenvalue weighted by atomic mass is 10.0. The zero-order valence-electron chi connectivity index (χ0n) is 11.0. The smallest absolute Gasteiger partial charge is 0.335 e. The molecule has 1 aliphatic rings. The number of aromatic carboxylic acids is 1. The van der Waals surface area contributed by atoms with Crippen LogP contribution in [0.1, 0.15) is 27.9 Å². The van der Waals surface area contributed by atoms with Gasteiger partial charge >= 0.3 is 5.97 Å². The van der Waals surface area contributed by atoms with Crippen LogP contribution in [0.4, 0.5) is 5.69 Å². The van der Waals surface area contributed by atoms with Crippen molar-refractivity contribution in [2.75, 3.05) is 0 Å². The van der Waals surface area contributed by atoms with Crippen LogP contribution in [-0.4, -0.2) is 32.8 Å². The fourth-order valence-corrected chi connectivity index (χ4v) is 2.24. The second-order valence-electron chi connectivity index (χ2n) is 4.73. The van der Waals surface area contributed by atoms with Crippen LogP contribution in [0, 0.1) is 0 Å². The molecule has 1 aromatic heterocycles. The average molecular weight is 281 g/mol. The maximum Gasteiger partial charge on any atom is 0.335 e. The summed E-state index contributed by atoms with van der Waals surface area (Å²) in [6.45, 7) is 0. The van der Waals surface area contributed by atoms with Gasteiger partial charge in [-0.3, -0.25) is 9.79 Å². The number of aromatic nitrogens is 2. The van der Waals surface area contributed by atoms with Crippen LogP contribution in [0.3, 0.4) is 0 Å². The third kappa shape index (κ3) is 2.69. The third-order valence-electron chi connectivity index (χ3n) is 3.25. The Labute approximate surface area is 120 Å². The first-order chi connectivity index (χ1) is 10.1. The predicted molar refractivity (Wildman–Crippen MR) is 75.0 cm³/mol. The molecule has 0 unspecified atom stereocenters. The molecule has 21 heavy (non-hydrogen) atoms. The molecule has 104 valence electrons. The van der Waals surface area contributed by atoms with E-state index in [0.717, 1.165) is 5.56 Å². The van der Waals surface area contributed by atoms with Gasteiger partial charge in [0.1, 0.15) is 5.78 Å². The van der Waals surface area contributed by atoms with Crippen molar-refractivity contribution in [2.24, 2.45) is 4.99 Å². The lowest BCUT2D eigenvalue weighted by Gasteiger charge is -2.04. The number of ketones is 1. The van der Waals surface area contributed by atoms with Crippen LogP contribution in [0.2, 0.25) is 0 Å². The number of carboxylic acid groups (broad SMARTS) is 1. The van der Waals surface area contributed by atoms with Crippen molar-refractivity contribution in [2.45, 2.75) is 12.8 Å². The van der Waals surface area contributed by atoms with E-state index in [9.17, 15) is 9.59 Å². The summed E-state index contributed by atoms with van der Waals surface area (Å²) in [5.74, 6) is -1.02. The van der Waals surface area contributed by atoms with Crippen LogP contribution in [-0.2, 0) is 11.2 Å². The van der Waals surface area contributed by atoms with E-state index in [-0.39, 0.29) is 24.2 Å². The molecule has 1 aromatic carbocycles. The van der Waals surface area contributed by atoms with Gasteiger partial charge in [-0.1, -0.05) is 0 Å². The summed E-state index contributed by atoms with van der Waals surface area (Å²) in [5, 5.41) is 16.5. The summed E-state index contributed by atoms with van der Waals surface area (Å²) in [5.41, 5.74) is 2.78. The van der Waals surface area contributed by atoms with Crippen molar-refractivity contribution in [3.63, 3.8) is 0 Å². The zero-order valence-corrected chi connectivity index (χ0v) is 11.0. The second-order valence-corrected chi connectivity index (χ2v) is 4.73. The molecule has 0 radical (unpaired) electrons. The van der Waals surface area contributed by atoms with E-state index in [1.165, 1.54) is 12.1 Å². The predicted octanol–water partition coefficient (Wildman–Crippen LogP) is 1.81. The fourth-order valence-electron chi connectivity index (χ4n) is 2.24. The number of fused-ring (bicyclic) bond motifs is 1. The molecular formula is C15H11N3O3. The van der Waals surface area contributed by atoms with Crippen molar-refractivity contribution < 1.29 is 14.7 Å². The largest absolute Gasteiger partial charge is 0.478 e. The Kier molecular flexibility index (Phi) is 3.27. The molecule has 0 bridgehead atoms. The Morgan fingerprint density at radius 3 is 2.71 bits per heavy atom. The van der Waals surface area contributed by atoms with Gasteiger partial charge in [-0.15, -0.1) is 0 Å². The molecule has 1 N–H and O–H groups in total. The Hall–Kier alpha value is -2.89. The third-order valence-corrected chi connectivity index (χ3v) is 3.25. The van der Waals surface area contributed by atoms with Crippen molar-refractivity contribution in [3.8, 4) is 0 Å². The topological polar surface area (TPSA) is 92.5 Å². The van der Waals surface area contributed by atoms with Gasteiger partial charge in [0.05, 0.1) is 29.4 Å². The lowest BCUT2D eigenvalue weighted by Crippen LogP contribution is -2.09. The monoisotopic (exact) mass is 281 g/mol. The highest BCUT2D eigenvalue weighted by Crippen LogP contribution is 2.26. The maximum absolute atomic E-state index is 12.0. The standard InChI is InChI=1S/C15H11N3O3/c19-12-6-11-5-9(15(20)21)1-2-13(11)18-14(7-12)10-3-4-16-17-8-10/h1-5,8H,6-7H2,(H,20,21). The van der Waals surface area contributed by atoms with E-state index < -0.39 is 5.97 Å². The second kappa shape index (κ2) is 5.24. The van der Waals surface area contributed by atoms with Crippen LogP contribution in [0.15, 0.2) is 41.7 Å². The Bertz CT molecular complexity index is 754. The number of hydrogen-bond acceptors (Lipinski definition) is 5. The maximum atomic E-state index is 12.0. The first-order valence-electron chi connectivity index (χ1n) is 6.36. The fraction of sp³-hybridized carbons (Fsp3) is 0.133. The Morgan fingerprint density at radius 2 is 2.00 bits per heavy atom. The molecule has 2 aromatic rings. The Balaban J connectivity index is 2.09. The van der Waals surface area contributed by atoms with E-state index in [1.807, 2.05) is 0 Å².